The fraction of sp³-hybridized carbons (Fsp3) is 0.391. The summed E-state index contributed by atoms with van der Waals surface area (Å²) in [6, 6.07) is 8.35. The number of fused-ring (bicyclic) bond motifs is 1. The Balaban J connectivity index is 1.25. The van der Waals surface area contributed by atoms with Crippen molar-refractivity contribution < 1.29 is 22.8 Å². The SMILES string of the molecule is O=C(NC1CCCCC1)NS(=O)(=O)c1ccc(CCNC(=O)N2Cc3cccnc3C2=O)cc1. The van der Waals surface area contributed by atoms with E-state index >= 15 is 0 Å². The standard InChI is InChI=1S/C23H27N5O5S/c29-21-20-17(5-4-13-24-20)15-28(21)23(31)25-14-12-16-8-10-19(11-9-16)34(32,33)27-22(30)26-18-6-2-1-3-7-18/h4-5,8-11,13,18H,1-3,6-7,12,14-15H2,(H,25,31)(H2,26,27,30). The minimum absolute atomic E-state index is 0.00261. The van der Waals surface area contributed by atoms with E-state index in [1.54, 1.807) is 24.3 Å². The molecule has 34 heavy (non-hydrogen) atoms. The summed E-state index contributed by atoms with van der Waals surface area (Å²) in [4.78, 5) is 41.9. The van der Waals surface area contributed by atoms with Crippen LogP contribution in [0.4, 0.5) is 9.59 Å². The summed E-state index contributed by atoms with van der Waals surface area (Å²) >= 11 is 0. The van der Waals surface area contributed by atoms with Crippen molar-refractivity contribution in [1.29, 1.82) is 0 Å². The van der Waals surface area contributed by atoms with Gasteiger partial charge in [0.05, 0.1) is 11.4 Å². The predicted molar refractivity (Wildman–Crippen MR) is 123 cm³/mol. The predicted octanol–water partition coefficient (Wildman–Crippen LogP) is 2.31. The average Bonchev–Trinajstić information content (AvgIpc) is 3.16. The lowest BCUT2D eigenvalue weighted by Gasteiger charge is -2.22. The number of carbonyl (C=O) groups is 3. The van der Waals surface area contributed by atoms with Gasteiger partial charge in [-0.15, -0.1) is 0 Å². The zero-order valence-electron chi connectivity index (χ0n) is 18.6. The lowest BCUT2D eigenvalue weighted by Crippen LogP contribution is -2.45. The number of aromatic nitrogens is 1. The fourth-order valence-corrected chi connectivity index (χ4v) is 5.10. The number of rotatable bonds is 6. The maximum Gasteiger partial charge on any atom is 0.328 e. The molecule has 0 unspecified atom stereocenters. The number of sulfonamides is 1. The van der Waals surface area contributed by atoms with E-state index in [0.29, 0.717) is 12.0 Å². The third kappa shape index (κ3) is 5.53. The number of hydrogen-bond acceptors (Lipinski definition) is 6. The summed E-state index contributed by atoms with van der Waals surface area (Å²) in [6.45, 7) is 0.447. The number of amides is 5. The highest BCUT2D eigenvalue weighted by Gasteiger charge is 2.32. The molecule has 5 amide bonds. The topological polar surface area (TPSA) is 138 Å². The van der Waals surface area contributed by atoms with Gasteiger partial charge >= 0.3 is 12.1 Å². The number of benzene rings is 1. The first kappa shape index (κ1) is 23.7. The van der Waals surface area contributed by atoms with Crippen LogP contribution in [-0.2, 0) is 23.0 Å². The van der Waals surface area contributed by atoms with Crippen LogP contribution in [0.5, 0.6) is 0 Å². The smallest absolute Gasteiger partial charge is 0.328 e. The van der Waals surface area contributed by atoms with Crippen LogP contribution < -0.4 is 15.4 Å². The molecule has 4 rings (SSSR count). The second-order valence-electron chi connectivity index (χ2n) is 8.44. The third-order valence-corrected chi connectivity index (χ3v) is 7.35. The van der Waals surface area contributed by atoms with Crippen LogP contribution in [0, 0.1) is 0 Å². The van der Waals surface area contributed by atoms with Gasteiger partial charge in [0.25, 0.3) is 15.9 Å². The van der Waals surface area contributed by atoms with E-state index in [1.807, 2.05) is 0 Å². The molecule has 1 aromatic heterocycles. The van der Waals surface area contributed by atoms with E-state index in [4.69, 9.17) is 0 Å². The molecule has 1 aliphatic carbocycles. The van der Waals surface area contributed by atoms with Crippen LogP contribution in [0.1, 0.15) is 53.7 Å². The second-order valence-corrected chi connectivity index (χ2v) is 10.1. The summed E-state index contributed by atoms with van der Waals surface area (Å²) in [7, 11) is -3.99. The van der Waals surface area contributed by atoms with Crippen molar-refractivity contribution in [2.45, 2.75) is 56.0 Å². The normalized spacial score (nSPS) is 16.1. The molecule has 2 heterocycles. The van der Waals surface area contributed by atoms with Gasteiger partial charge in [-0.1, -0.05) is 37.5 Å². The highest BCUT2D eigenvalue weighted by molar-refractivity contribution is 7.90. The van der Waals surface area contributed by atoms with Crippen LogP contribution in [0.2, 0.25) is 0 Å². The number of nitrogens with zero attached hydrogens (tertiary/aromatic N) is 2. The Hall–Kier alpha value is -3.47. The van der Waals surface area contributed by atoms with E-state index in [9.17, 15) is 22.8 Å². The summed E-state index contributed by atoms with van der Waals surface area (Å²) in [6.07, 6.45) is 6.85. The first-order valence-electron chi connectivity index (χ1n) is 11.3. The highest BCUT2D eigenvalue weighted by atomic mass is 32.2. The molecular formula is C23H27N5O5S. The molecule has 2 aromatic rings. The molecule has 0 radical (unpaired) electrons. The molecule has 180 valence electrons. The van der Waals surface area contributed by atoms with Crippen molar-refractivity contribution in [3.8, 4) is 0 Å². The van der Waals surface area contributed by atoms with Crippen molar-refractivity contribution >= 4 is 28.0 Å². The Morgan fingerprint density at radius 1 is 1.06 bits per heavy atom. The van der Waals surface area contributed by atoms with Gasteiger partial charge in [0, 0.05) is 24.3 Å². The molecule has 2 aliphatic rings. The number of carbonyl (C=O) groups excluding carboxylic acids is 3. The summed E-state index contributed by atoms with van der Waals surface area (Å²) in [5, 5.41) is 5.43. The van der Waals surface area contributed by atoms with Gasteiger partial charge in [-0.3, -0.25) is 14.7 Å². The van der Waals surface area contributed by atoms with Gasteiger partial charge in [0.2, 0.25) is 0 Å². The largest absolute Gasteiger partial charge is 0.337 e. The van der Waals surface area contributed by atoms with Crippen molar-refractivity contribution in [2.75, 3.05) is 6.54 Å². The van der Waals surface area contributed by atoms with E-state index in [1.165, 1.54) is 18.3 Å². The number of urea groups is 2. The summed E-state index contributed by atoms with van der Waals surface area (Å²) < 4.78 is 27.1. The van der Waals surface area contributed by atoms with Crippen LogP contribution in [0.25, 0.3) is 0 Å². The quantitative estimate of drug-likeness (QED) is 0.574. The molecular weight excluding hydrogens is 458 g/mol. The van der Waals surface area contributed by atoms with E-state index in [2.05, 4.69) is 20.3 Å². The molecule has 0 bridgehead atoms. The lowest BCUT2D eigenvalue weighted by atomic mass is 9.96. The third-order valence-electron chi connectivity index (χ3n) is 6.00. The molecule has 3 N–H and O–H groups in total. The van der Waals surface area contributed by atoms with Gasteiger partial charge in [0.1, 0.15) is 5.69 Å². The van der Waals surface area contributed by atoms with Gasteiger partial charge in [-0.05, 0) is 43.0 Å². The minimum atomic E-state index is -3.99. The molecule has 11 heteroatoms. The number of imide groups is 1. The van der Waals surface area contributed by atoms with Crippen molar-refractivity contribution in [3.05, 3.63) is 59.4 Å². The Morgan fingerprint density at radius 2 is 1.79 bits per heavy atom. The van der Waals surface area contributed by atoms with E-state index in [-0.39, 0.29) is 29.7 Å². The molecule has 1 fully saturated rings. The highest BCUT2D eigenvalue weighted by Crippen LogP contribution is 2.20. The Bertz CT molecular complexity index is 1180. The van der Waals surface area contributed by atoms with Crippen molar-refractivity contribution in [2.24, 2.45) is 0 Å². The monoisotopic (exact) mass is 485 g/mol. The average molecular weight is 486 g/mol. The maximum atomic E-state index is 12.5. The number of nitrogens with one attached hydrogen (secondary N) is 3. The Morgan fingerprint density at radius 3 is 2.50 bits per heavy atom. The molecule has 10 nitrogen and oxygen atoms in total. The van der Waals surface area contributed by atoms with E-state index in [0.717, 1.165) is 42.6 Å². The Kier molecular flexibility index (Phi) is 7.11. The van der Waals surface area contributed by atoms with Crippen LogP contribution >= 0.6 is 0 Å². The summed E-state index contributed by atoms with van der Waals surface area (Å²) in [5.41, 5.74) is 1.79. The van der Waals surface area contributed by atoms with Crippen molar-refractivity contribution in [1.82, 2.24) is 25.2 Å². The van der Waals surface area contributed by atoms with Crippen LogP contribution in [0.3, 0.4) is 0 Å². The molecule has 1 aliphatic heterocycles. The second kappa shape index (κ2) is 10.2. The summed E-state index contributed by atoms with van der Waals surface area (Å²) in [5.74, 6) is -0.428. The van der Waals surface area contributed by atoms with Gasteiger partial charge in [0.15, 0.2) is 0 Å². The zero-order chi connectivity index (χ0) is 24.1. The molecule has 0 atom stereocenters. The minimum Gasteiger partial charge on any atom is -0.337 e. The molecule has 1 aromatic carbocycles. The molecule has 0 saturated heterocycles. The molecule has 0 spiro atoms. The zero-order valence-corrected chi connectivity index (χ0v) is 19.4. The van der Waals surface area contributed by atoms with Crippen molar-refractivity contribution in [3.63, 3.8) is 0 Å². The van der Waals surface area contributed by atoms with Crippen LogP contribution in [0.15, 0.2) is 47.5 Å². The first-order valence-corrected chi connectivity index (χ1v) is 12.8. The maximum absolute atomic E-state index is 12.5. The van der Waals surface area contributed by atoms with Gasteiger partial charge < -0.3 is 10.6 Å². The molecule has 1 saturated carbocycles. The number of hydrogen-bond donors (Lipinski definition) is 3. The fourth-order valence-electron chi connectivity index (χ4n) is 4.18. The van der Waals surface area contributed by atoms with Gasteiger partial charge in [-0.25, -0.2) is 22.7 Å². The lowest BCUT2D eigenvalue weighted by molar-refractivity contribution is 0.0817. The first-order chi connectivity index (χ1) is 16.3. The Labute approximate surface area is 198 Å². The number of pyridine rings is 1. The van der Waals surface area contributed by atoms with E-state index < -0.39 is 28.0 Å². The van der Waals surface area contributed by atoms with Gasteiger partial charge in [-0.2, -0.15) is 0 Å². The van der Waals surface area contributed by atoms with Crippen LogP contribution in [-0.4, -0.2) is 48.9 Å².